The van der Waals surface area contributed by atoms with Crippen molar-refractivity contribution < 1.29 is 9.90 Å². The largest absolute Gasteiger partial charge is 0.477 e. The molecule has 0 aliphatic carbocycles. The summed E-state index contributed by atoms with van der Waals surface area (Å²) in [5, 5.41) is 20.0. The van der Waals surface area contributed by atoms with Gasteiger partial charge >= 0.3 is 5.97 Å². The van der Waals surface area contributed by atoms with E-state index in [1.807, 2.05) is 66.7 Å². The number of benzene rings is 4. The van der Waals surface area contributed by atoms with E-state index in [-0.39, 0.29) is 5.57 Å². The molecule has 0 aromatic heterocycles. The molecule has 4 nitrogen and oxygen atoms in total. The number of rotatable bonds is 5. The number of aliphatic carboxylic acids is 1. The molecule has 0 fully saturated rings. The molecule has 0 saturated heterocycles. The highest BCUT2D eigenvalue weighted by molar-refractivity contribution is 5.97. The van der Waals surface area contributed by atoms with Crippen molar-refractivity contribution in [2.24, 2.45) is 0 Å². The summed E-state index contributed by atoms with van der Waals surface area (Å²) < 4.78 is 0. The van der Waals surface area contributed by atoms with Crippen molar-refractivity contribution in [2.75, 3.05) is 4.90 Å². The van der Waals surface area contributed by atoms with Gasteiger partial charge < -0.3 is 10.0 Å². The van der Waals surface area contributed by atoms with Gasteiger partial charge in [0.15, 0.2) is 0 Å². The van der Waals surface area contributed by atoms with Crippen LogP contribution < -0.4 is 4.90 Å². The van der Waals surface area contributed by atoms with Gasteiger partial charge in [0.05, 0.1) is 0 Å². The Morgan fingerprint density at radius 2 is 1.33 bits per heavy atom. The number of para-hydroxylation sites is 2. The van der Waals surface area contributed by atoms with E-state index < -0.39 is 5.97 Å². The van der Waals surface area contributed by atoms with Gasteiger partial charge in [0, 0.05) is 17.1 Å². The lowest BCUT2D eigenvalue weighted by molar-refractivity contribution is -0.132. The van der Waals surface area contributed by atoms with Crippen molar-refractivity contribution in [1.82, 2.24) is 0 Å². The summed E-state index contributed by atoms with van der Waals surface area (Å²) in [6, 6.07) is 33.8. The van der Waals surface area contributed by atoms with E-state index in [0.717, 1.165) is 27.8 Å². The van der Waals surface area contributed by atoms with Crippen LogP contribution in [-0.4, -0.2) is 11.1 Å². The van der Waals surface area contributed by atoms with Gasteiger partial charge in [-0.15, -0.1) is 0 Å². The maximum atomic E-state index is 11.1. The monoisotopic (exact) mass is 390 g/mol. The van der Waals surface area contributed by atoms with Crippen LogP contribution in [0, 0.1) is 11.3 Å². The average Bonchev–Trinajstić information content (AvgIpc) is 2.79. The molecule has 0 bridgehead atoms. The van der Waals surface area contributed by atoms with Crippen molar-refractivity contribution in [3.8, 4) is 6.07 Å². The first-order chi connectivity index (χ1) is 14.7. The number of anilines is 3. The second-order valence-corrected chi connectivity index (χ2v) is 6.77. The first kappa shape index (κ1) is 19.0. The highest BCUT2D eigenvalue weighted by atomic mass is 16.4. The second-order valence-electron chi connectivity index (χ2n) is 6.77. The SMILES string of the molecule is N#C/C(=C\c1ccc2cc(N(c3ccccc3)c3ccccc3)ccc2c1)C(=O)O. The van der Waals surface area contributed by atoms with Crippen LogP contribution in [0.25, 0.3) is 16.8 Å². The minimum atomic E-state index is -1.23. The molecule has 0 radical (unpaired) electrons. The third-order valence-corrected chi connectivity index (χ3v) is 4.80. The molecule has 0 unspecified atom stereocenters. The predicted octanol–water partition coefficient (Wildman–Crippen LogP) is 6.30. The van der Waals surface area contributed by atoms with E-state index in [9.17, 15) is 4.79 Å². The van der Waals surface area contributed by atoms with Gasteiger partial charge in [-0.3, -0.25) is 0 Å². The highest BCUT2D eigenvalue weighted by Gasteiger charge is 2.12. The van der Waals surface area contributed by atoms with E-state index in [4.69, 9.17) is 10.4 Å². The molecule has 0 spiro atoms. The molecule has 0 amide bonds. The predicted molar refractivity (Wildman–Crippen MR) is 120 cm³/mol. The molecule has 0 atom stereocenters. The van der Waals surface area contributed by atoms with Gasteiger partial charge in [-0.05, 0) is 64.9 Å². The first-order valence-corrected chi connectivity index (χ1v) is 9.45. The zero-order chi connectivity index (χ0) is 20.9. The van der Waals surface area contributed by atoms with Crippen LogP contribution in [0.4, 0.5) is 17.1 Å². The van der Waals surface area contributed by atoms with Crippen molar-refractivity contribution in [1.29, 1.82) is 5.26 Å². The number of carboxylic acid groups (broad SMARTS) is 1. The Bertz CT molecular complexity index is 1230. The molecule has 4 aromatic rings. The maximum absolute atomic E-state index is 11.1. The third-order valence-electron chi connectivity index (χ3n) is 4.80. The molecule has 4 rings (SSSR count). The van der Waals surface area contributed by atoms with Gasteiger partial charge in [0.2, 0.25) is 0 Å². The summed E-state index contributed by atoms with van der Waals surface area (Å²) in [6.45, 7) is 0. The van der Waals surface area contributed by atoms with E-state index in [0.29, 0.717) is 5.56 Å². The van der Waals surface area contributed by atoms with Crippen LogP contribution in [0.1, 0.15) is 5.56 Å². The zero-order valence-corrected chi connectivity index (χ0v) is 16.1. The minimum absolute atomic E-state index is 0.287. The first-order valence-electron chi connectivity index (χ1n) is 9.45. The number of nitriles is 1. The topological polar surface area (TPSA) is 64.3 Å². The quantitative estimate of drug-likeness (QED) is 0.321. The number of carbonyl (C=O) groups is 1. The van der Waals surface area contributed by atoms with Gasteiger partial charge in [0.1, 0.15) is 11.6 Å². The number of fused-ring (bicyclic) bond motifs is 1. The van der Waals surface area contributed by atoms with Crippen LogP contribution in [0.2, 0.25) is 0 Å². The lowest BCUT2D eigenvalue weighted by atomic mass is 10.0. The Kier molecular flexibility index (Phi) is 5.27. The summed E-state index contributed by atoms with van der Waals surface area (Å²) in [4.78, 5) is 13.3. The lowest BCUT2D eigenvalue weighted by Gasteiger charge is -2.25. The van der Waals surface area contributed by atoms with Crippen molar-refractivity contribution in [3.63, 3.8) is 0 Å². The number of hydrogen-bond donors (Lipinski definition) is 1. The Hall–Kier alpha value is -4.36. The summed E-state index contributed by atoms with van der Waals surface area (Å²) in [5.41, 5.74) is 3.53. The summed E-state index contributed by atoms with van der Waals surface area (Å²) in [5.74, 6) is -1.23. The van der Waals surface area contributed by atoms with Gasteiger partial charge in [-0.2, -0.15) is 5.26 Å². The Balaban J connectivity index is 1.79. The van der Waals surface area contributed by atoms with Crippen molar-refractivity contribution >= 4 is 39.9 Å². The Morgan fingerprint density at radius 1 is 0.767 bits per heavy atom. The summed E-state index contributed by atoms with van der Waals surface area (Å²) in [6.07, 6.45) is 1.38. The lowest BCUT2D eigenvalue weighted by Crippen LogP contribution is -2.09. The molecule has 0 saturated carbocycles. The molecule has 0 aliphatic rings. The molecule has 30 heavy (non-hydrogen) atoms. The fourth-order valence-corrected chi connectivity index (χ4v) is 3.39. The average molecular weight is 390 g/mol. The standard InChI is InChI=1S/C26H18N2O2/c27-18-22(26(29)30)16-19-11-12-21-17-25(14-13-20(21)15-19)28(23-7-3-1-4-8-23)24-9-5-2-6-10-24/h1-17H,(H,29,30)/b22-16+. The van der Waals surface area contributed by atoms with E-state index in [2.05, 4.69) is 35.2 Å². The molecular weight excluding hydrogens is 372 g/mol. The van der Waals surface area contributed by atoms with Crippen LogP contribution in [-0.2, 0) is 4.79 Å². The minimum Gasteiger partial charge on any atom is -0.477 e. The summed E-state index contributed by atoms with van der Waals surface area (Å²) in [7, 11) is 0. The Labute approximate surface area is 174 Å². The third kappa shape index (κ3) is 3.91. The normalized spacial score (nSPS) is 11.1. The molecule has 144 valence electrons. The van der Waals surface area contributed by atoms with E-state index in [1.165, 1.54) is 6.08 Å². The fraction of sp³-hybridized carbons (Fsp3) is 0. The number of hydrogen-bond acceptors (Lipinski definition) is 3. The second kappa shape index (κ2) is 8.34. The van der Waals surface area contributed by atoms with Gasteiger partial charge in [0.25, 0.3) is 0 Å². The van der Waals surface area contributed by atoms with Gasteiger partial charge in [-0.1, -0.05) is 54.6 Å². The highest BCUT2D eigenvalue weighted by Crippen LogP contribution is 2.35. The van der Waals surface area contributed by atoms with Crippen molar-refractivity contribution in [2.45, 2.75) is 0 Å². The van der Waals surface area contributed by atoms with Crippen LogP contribution in [0.15, 0.2) is 103 Å². The fourth-order valence-electron chi connectivity index (χ4n) is 3.39. The molecule has 4 heteroatoms. The number of nitrogens with zero attached hydrogens (tertiary/aromatic N) is 2. The Morgan fingerprint density at radius 3 is 1.90 bits per heavy atom. The molecule has 4 aromatic carbocycles. The molecule has 0 heterocycles. The maximum Gasteiger partial charge on any atom is 0.346 e. The number of carboxylic acids is 1. The zero-order valence-electron chi connectivity index (χ0n) is 16.1. The molecule has 0 aliphatic heterocycles. The smallest absolute Gasteiger partial charge is 0.346 e. The van der Waals surface area contributed by atoms with E-state index >= 15 is 0 Å². The molecular formula is C26H18N2O2. The van der Waals surface area contributed by atoms with Crippen LogP contribution in [0.5, 0.6) is 0 Å². The van der Waals surface area contributed by atoms with E-state index in [1.54, 1.807) is 6.07 Å². The van der Waals surface area contributed by atoms with Crippen molar-refractivity contribution in [3.05, 3.63) is 108 Å². The van der Waals surface area contributed by atoms with Crippen LogP contribution >= 0.6 is 0 Å². The molecule has 1 N–H and O–H groups in total. The van der Waals surface area contributed by atoms with Crippen LogP contribution in [0.3, 0.4) is 0 Å². The summed E-state index contributed by atoms with van der Waals surface area (Å²) >= 11 is 0. The van der Waals surface area contributed by atoms with Gasteiger partial charge in [-0.25, -0.2) is 4.79 Å².